The maximum Gasteiger partial charge on any atom is 0.251 e. The van der Waals surface area contributed by atoms with E-state index >= 15 is 0 Å². The molecule has 0 aliphatic rings. The maximum atomic E-state index is 12.7. The second kappa shape index (κ2) is 26.2. The number of ether oxygens (including phenoxy) is 6. The zero-order valence-electron chi connectivity index (χ0n) is 28.3. The fourth-order valence-electron chi connectivity index (χ4n) is 3.11. The van der Waals surface area contributed by atoms with Crippen molar-refractivity contribution in [3.63, 3.8) is 0 Å². The molecule has 1 atom stereocenters. The predicted octanol–water partition coefficient (Wildman–Crippen LogP) is 6.07. The van der Waals surface area contributed by atoms with Crippen molar-refractivity contribution >= 4 is 27.5 Å². The van der Waals surface area contributed by atoms with Gasteiger partial charge in [0.25, 0.3) is 5.91 Å². The Morgan fingerprint density at radius 3 is 2.09 bits per heavy atom. The van der Waals surface area contributed by atoms with Crippen molar-refractivity contribution in [1.82, 2.24) is 10.6 Å². The fourth-order valence-corrected chi connectivity index (χ4v) is 5.34. The number of benzene rings is 1. The molecule has 0 radical (unpaired) electrons. The highest BCUT2D eigenvalue weighted by molar-refractivity contribution is 8.77. The fraction of sp³-hybridized carbons (Fsp3) is 0.781. The lowest BCUT2D eigenvalue weighted by Gasteiger charge is -2.31. The van der Waals surface area contributed by atoms with E-state index in [1.54, 1.807) is 33.7 Å². The molecule has 0 aliphatic heterocycles. The maximum absolute atomic E-state index is 12.7. The van der Waals surface area contributed by atoms with Crippen LogP contribution in [0.2, 0.25) is 0 Å². The third kappa shape index (κ3) is 24.9. The summed E-state index contributed by atoms with van der Waals surface area (Å²) in [6, 6.07) is 7.18. The summed E-state index contributed by atoms with van der Waals surface area (Å²) in [4.78, 5) is 12.1. The first-order chi connectivity index (χ1) is 20.5. The molecule has 0 fully saturated rings. The number of carbonyl (C=O) groups is 1. The number of hydrogen-bond acceptors (Lipinski definition) is 10. The molecule has 1 amide bonds. The molecule has 1 aromatic rings. The van der Waals surface area contributed by atoms with E-state index in [0.29, 0.717) is 83.2 Å². The number of rotatable bonds is 25. The van der Waals surface area contributed by atoms with Gasteiger partial charge in [-0.25, -0.2) is 0 Å². The van der Waals surface area contributed by atoms with Gasteiger partial charge < -0.3 is 39.1 Å². The molecule has 1 aromatic carbocycles. The highest BCUT2D eigenvalue weighted by atomic mass is 33.1. The van der Waals surface area contributed by atoms with Gasteiger partial charge in [0.05, 0.1) is 46.2 Å². The Bertz CT molecular complexity index is 812. The first-order valence-electron chi connectivity index (χ1n) is 15.5. The number of hydrogen-bond donors (Lipinski definition) is 2. The van der Waals surface area contributed by atoms with Crippen LogP contribution in [-0.4, -0.2) is 102 Å². The average Bonchev–Trinajstić information content (AvgIpc) is 2.98. The average molecular weight is 649 g/mol. The molecule has 0 saturated heterocycles. The molecule has 0 bridgehead atoms. The highest BCUT2D eigenvalue weighted by Gasteiger charge is 2.30. The number of nitrogens with one attached hydrogen (secondary N) is 2. The van der Waals surface area contributed by atoms with Gasteiger partial charge in [-0.3, -0.25) is 4.79 Å². The van der Waals surface area contributed by atoms with E-state index in [9.17, 15) is 4.79 Å². The quantitative estimate of drug-likeness (QED) is 0.0739. The zero-order valence-corrected chi connectivity index (χ0v) is 29.9. The van der Waals surface area contributed by atoms with E-state index < -0.39 is 4.93 Å². The van der Waals surface area contributed by atoms with Crippen LogP contribution < -0.4 is 15.4 Å². The Kier molecular flexibility index (Phi) is 25.6. The third-order valence-corrected chi connectivity index (χ3v) is 9.12. The molecule has 0 aromatic heterocycles. The van der Waals surface area contributed by atoms with Crippen molar-refractivity contribution in [2.45, 2.75) is 71.5 Å². The minimum atomic E-state index is -0.585. The predicted molar refractivity (Wildman–Crippen MR) is 182 cm³/mol. The lowest BCUT2D eigenvalue weighted by molar-refractivity contribution is -0.0275. The van der Waals surface area contributed by atoms with Gasteiger partial charge in [-0.15, -0.1) is 0 Å². The summed E-state index contributed by atoms with van der Waals surface area (Å²) in [5, 5.41) is 5.97. The van der Waals surface area contributed by atoms with E-state index in [1.807, 2.05) is 40.0 Å². The number of amides is 1. The van der Waals surface area contributed by atoms with Crippen molar-refractivity contribution < 1.29 is 33.2 Å². The Morgan fingerprint density at radius 1 is 0.837 bits per heavy atom. The summed E-state index contributed by atoms with van der Waals surface area (Å²) in [5.41, 5.74) is 0.530. The standard InChI is InChI=1S/C30H54N2O7S2.C2H6/c1-25(2)23-37-20-21-39-30(6,41-40-29(3,4)5)24-38-27-11-8-10-26(22-27)28(33)32-13-15-35-17-19-36-18-16-34-14-9-12-31-7;1-2/h8,10-11,22,25,31H,9,12-21,23-24H2,1-7H3,(H,32,33);1-2H3. The summed E-state index contributed by atoms with van der Waals surface area (Å²) in [5.74, 6) is 0.926. The normalized spacial score (nSPS) is 12.9. The minimum absolute atomic E-state index is 0.0684. The Labute approximate surface area is 270 Å². The van der Waals surface area contributed by atoms with E-state index in [-0.39, 0.29) is 10.7 Å². The van der Waals surface area contributed by atoms with Gasteiger partial charge in [0.2, 0.25) is 0 Å². The van der Waals surface area contributed by atoms with Crippen molar-refractivity contribution in [2.24, 2.45) is 5.92 Å². The Hall–Kier alpha value is -1.05. The smallest absolute Gasteiger partial charge is 0.251 e. The van der Waals surface area contributed by atoms with E-state index in [2.05, 4.69) is 45.3 Å². The van der Waals surface area contributed by atoms with E-state index in [0.717, 1.165) is 19.6 Å². The van der Waals surface area contributed by atoms with E-state index in [4.69, 9.17) is 28.4 Å². The summed E-state index contributed by atoms with van der Waals surface area (Å²) >= 11 is 0. The molecule has 0 saturated carbocycles. The highest BCUT2D eigenvalue weighted by Crippen LogP contribution is 2.44. The summed E-state index contributed by atoms with van der Waals surface area (Å²) in [6.45, 7) is 23.4. The second-order valence-corrected chi connectivity index (χ2v) is 14.5. The molecule has 11 heteroatoms. The Balaban J connectivity index is 0.00000862. The molecule has 9 nitrogen and oxygen atoms in total. The second-order valence-electron chi connectivity index (χ2n) is 11.1. The first-order valence-corrected chi connectivity index (χ1v) is 17.7. The molecular formula is C32H60N2O7S2. The van der Waals surface area contributed by atoms with Gasteiger partial charge in [0.1, 0.15) is 12.4 Å². The van der Waals surface area contributed by atoms with Crippen molar-refractivity contribution in [3.05, 3.63) is 29.8 Å². The largest absolute Gasteiger partial charge is 0.490 e. The Morgan fingerprint density at radius 2 is 1.47 bits per heavy atom. The lowest BCUT2D eigenvalue weighted by Crippen LogP contribution is -2.34. The van der Waals surface area contributed by atoms with Crippen LogP contribution in [0.5, 0.6) is 5.75 Å². The van der Waals surface area contributed by atoms with Crippen LogP contribution in [0.1, 0.15) is 72.2 Å². The molecule has 1 rings (SSSR count). The SMILES string of the molecule is CC.CNCCCOCCOCCOCCNC(=O)c1cccc(OCC(C)(OCCOCC(C)C)SSC(C)(C)C)c1. The van der Waals surface area contributed by atoms with Gasteiger partial charge in [0, 0.05) is 30.1 Å². The molecule has 252 valence electrons. The van der Waals surface area contributed by atoms with Gasteiger partial charge in [0.15, 0.2) is 4.93 Å². The van der Waals surface area contributed by atoms with Crippen LogP contribution >= 0.6 is 21.6 Å². The molecule has 0 spiro atoms. The zero-order chi connectivity index (χ0) is 32.4. The van der Waals surface area contributed by atoms with Crippen LogP contribution in [0.3, 0.4) is 0 Å². The molecule has 0 aliphatic carbocycles. The first kappa shape index (κ1) is 42.0. The molecular weight excluding hydrogens is 588 g/mol. The van der Waals surface area contributed by atoms with Gasteiger partial charge >= 0.3 is 0 Å². The molecule has 0 heterocycles. The summed E-state index contributed by atoms with van der Waals surface area (Å²) in [7, 11) is 5.34. The van der Waals surface area contributed by atoms with Crippen molar-refractivity contribution in [2.75, 3.05) is 86.2 Å². The monoisotopic (exact) mass is 648 g/mol. The van der Waals surface area contributed by atoms with Crippen LogP contribution in [-0.2, 0) is 23.7 Å². The number of carbonyl (C=O) groups excluding carboxylic acids is 1. The van der Waals surface area contributed by atoms with Crippen LogP contribution in [0.25, 0.3) is 0 Å². The molecule has 1 unspecified atom stereocenters. The minimum Gasteiger partial charge on any atom is -0.490 e. The van der Waals surface area contributed by atoms with E-state index in [1.165, 1.54) is 0 Å². The molecule has 43 heavy (non-hydrogen) atoms. The summed E-state index contributed by atoms with van der Waals surface area (Å²) in [6.07, 6.45) is 0.988. The third-order valence-electron chi connectivity index (χ3n) is 5.14. The van der Waals surface area contributed by atoms with Gasteiger partial charge in [-0.1, -0.05) is 76.1 Å². The van der Waals surface area contributed by atoms with Gasteiger partial charge in [-0.2, -0.15) is 0 Å². The molecule has 2 N–H and O–H groups in total. The van der Waals surface area contributed by atoms with Crippen LogP contribution in [0, 0.1) is 5.92 Å². The van der Waals surface area contributed by atoms with Crippen LogP contribution in [0.4, 0.5) is 0 Å². The topological polar surface area (TPSA) is 96.5 Å². The van der Waals surface area contributed by atoms with Crippen molar-refractivity contribution in [3.8, 4) is 5.75 Å². The van der Waals surface area contributed by atoms with Gasteiger partial charge in [-0.05, 0) is 51.1 Å². The summed E-state index contributed by atoms with van der Waals surface area (Å²) < 4.78 is 34.6. The van der Waals surface area contributed by atoms with Crippen molar-refractivity contribution in [1.29, 1.82) is 0 Å². The lowest BCUT2D eigenvalue weighted by atomic mass is 10.2. The van der Waals surface area contributed by atoms with Crippen LogP contribution in [0.15, 0.2) is 24.3 Å².